The Morgan fingerprint density at radius 3 is 2.60 bits per heavy atom. The molecular weight excluding hydrogens is 252 g/mol. The van der Waals surface area contributed by atoms with E-state index in [1.807, 2.05) is 13.8 Å². The summed E-state index contributed by atoms with van der Waals surface area (Å²) in [4.78, 5) is 13.5. The zero-order valence-corrected chi connectivity index (χ0v) is 12.8. The third-order valence-electron chi connectivity index (χ3n) is 4.20. The molecule has 1 unspecified atom stereocenters. The first-order valence-corrected chi connectivity index (χ1v) is 7.68. The smallest absolute Gasteiger partial charge is 0.220 e. The van der Waals surface area contributed by atoms with Crippen molar-refractivity contribution in [1.29, 1.82) is 5.26 Å². The molecule has 114 valence electrons. The van der Waals surface area contributed by atoms with E-state index in [4.69, 9.17) is 5.73 Å². The number of piperidine rings is 1. The van der Waals surface area contributed by atoms with Crippen LogP contribution in [0.25, 0.3) is 0 Å². The van der Waals surface area contributed by atoms with Gasteiger partial charge in [0, 0.05) is 5.92 Å². The van der Waals surface area contributed by atoms with Gasteiger partial charge in [0.1, 0.15) is 5.54 Å². The quantitative estimate of drug-likeness (QED) is 0.655. The van der Waals surface area contributed by atoms with Gasteiger partial charge in [-0.1, -0.05) is 6.92 Å². The van der Waals surface area contributed by atoms with Gasteiger partial charge in [0.25, 0.3) is 0 Å². The Hall–Kier alpha value is -1.12. The van der Waals surface area contributed by atoms with Crippen LogP contribution in [0.3, 0.4) is 0 Å². The fourth-order valence-electron chi connectivity index (χ4n) is 2.83. The first-order chi connectivity index (χ1) is 9.50. The molecule has 0 radical (unpaired) electrons. The van der Waals surface area contributed by atoms with Crippen molar-refractivity contribution in [2.24, 2.45) is 11.7 Å². The van der Waals surface area contributed by atoms with E-state index in [2.05, 4.69) is 16.3 Å². The van der Waals surface area contributed by atoms with E-state index >= 15 is 0 Å². The number of nitrogens with zero attached hydrogens (tertiary/aromatic N) is 2. The van der Waals surface area contributed by atoms with Crippen LogP contribution in [-0.4, -0.2) is 42.5 Å². The Morgan fingerprint density at radius 2 is 2.10 bits per heavy atom. The van der Waals surface area contributed by atoms with Gasteiger partial charge < -0.3 is 10.6 Å². The van der Waals surface area contributed by atoms with Crippen molar-refractivity contribution in [3.05, 3.63) is 0 Å². The van der Waals surface area contributed by atoms with Crippen molar-refractivity contribution in [3.8, 4) is 6.07 Å². The van der Waals surface area contributed by atoms with Gasteiger partial charge in [-0.2, -0.15) is 5.26 Å². The van der Waals surface area contributed by atoms with Crippen LogP contribution in [0.2, 0.25) is 0 Å². The Bertz CT molecular complexity index is 344. The lowest BCUT2D eigenvalue weighted by molar-refractivity contribution is -0.123. The van der Waals surface area contributed by atoms with Gasteiger partial charge in [-0.15, -0.1) is 0 Å². The Balaban J connectivity index is 2.17. The largest absolute Gasteiger partial charge is 0.369 e. The Labute approximate surface area is 122 Å². The number of rotatable bonds is 8. The molecule has 1 aliphatic rings. The highest BCUT2D eigenvalue weighted by molar-refractivity contribution is 5.76. The Morgan fingerprint density at radius 1 is 1.45 bits per heavy atom. The van der Waals surface area contributed by atoms with Crippen LogP contribution in [0.1, 0.15) is 46.0 Å². The summed E-state index contributed by atoms with van der Waals surface area (Å²) in [6.07, 6.45) is 4.82. The molecule has 0 aromatic rings. The first-order valence-electron chi connectivity index (χ1n) is 7.68. The second kappa shape index (κ2) is 8.23. The van der Waals surface area contributed by atoms with Crippen molar-refractivity contribution in [3.63, 3.8) is 0 Å². The number of nitrogens with one attached hydrogen (secondary N) is 1. The molecule has 0 spiro atoms. The van der Waals surface area contributed by atoms with E-state index in [0.717, 1.165) is 58.3 Å². The van der Waals surface area contributed by atoms with Crippen LogP contribution in [0.5, 0.6) is 0 Å². The van der Waals surface area contributed by atoms with Crippen LogP contribution < -0.4 is 11.1 Å². The summed E-state index contributed by atoms with van der Waals surface area (Å²) >= 11 is 0. The van der Waals surface area contributed by atoms with E-state index in [1.165, 1.54) is 0 Å². The van der Waals surface area contributed by atoms with Gasteiger partial charge in [-0.25, -0.2) is 0 Å². The third kappa shape index (κ3) is 5.48. The van der Waals surface area contributed by atoms with E-state index in [-0.39, 0.29) is 11.8 Å². The maximum Gasteiger partial charge on any atom is 0.220 e. The van der Waals surface area contributed by atoms with Crippen LogP contribution >= 0.6 is 0 Å². The maximum absolute atomic E-state index is 11.1. The lowest BCUT2D eigenvalue weighted by atomic mass is 9.95. The average Bonchev–Trinajstić information content (AvgIpc) is 2.44. The highest BCUT2D eigenvalue weighted by Gasteiger charge is 2.24. The summed E-state index contributed by atoms with van der Waals surface area (Å²) in [5, 5.41) is 12.4. The lowest BCUT2D eigenvalue weighted by Gasteiger charge is -2.30. The van der Waals surface area contributed by atoms with Crippen molar-refractivity contribution in [2.45, 2.75) is 51.5 Å². The van der Waals surface area contributed by atoms with E-state index in [0.29, 0.717) is 0 Å². The van der Waals surface area contributed by atoms with Gasteiger partial charge in [0.2, 0.25) is 5.91 Å². The molecule has 1 aliphatic heterocycles. The number of unbranched alkanes of at least 4 members (excludes halogenated alkanes) is 1. The van der Waals surface area contributed by atoms with Crippen molar-refractivity contribution in [1.82, 2.24) is 10.2 Å². The van der Waals surface area contributed by atoms with Crippen molar-refractivity contribution in [2.75, 3.05) is 26.2 Å². The SMILES string of the molecule is CCNC(C)(C#N)CCCCN1CCC(C(N)=O)CC1. The topological polar surface area (TPSA) is 82.2 Å². The number of carbonyl (C=O) groups excluding carboxylic acids is 1. The van der Waals surface area contributed by atoms with Crippen LogP contribution in [-0.2, 0) is 4.79 Å². The normalized spacial score (nSPS) is 20.2. The molecule has 1 atom stereocenters. The van der Waals surface area contributed by atoms with E-state index < -0.39 is 5.54 Å². The number of likely N-dealkylation sites (tertiary alicyclic amines) is 1. The highest BCUT2D eigenvalue weighted by Crippen LogP contribution is 2.18. The standard InChI is InChI=1S/C15H28N4O/c1-3-18-15(2,12-16)8-4-5-9-19-10-6-13(7-11-19)14(17)20/h13,18H,3-11H2,1-2H3,(H2,17,20). The number of carbonyl (C=O) groups is 1. The van der Waals surface area contributed by atoms with Gasteiger partial charge in [-0.05, 0) is 65.2 Å². The number of hydrogen-bond donors (Lipinski definition) is 2. The minimum absolute atomic E-state index is 0.0712. The summed E-state index contributed by atoms with van der Waals surface area (Å²) in [6.45, 7) is 7.81. The minimum Gasteiger partial charge on any atom is -0.369 e. The van der Waals surface area contributed by atoms with E-state index in [9.17, 15) is 10.1 Å². The molecule has 5 heteroatoms. The van der Waals surface area contributed by atoms with E-state index in [1.54, 1.807) is 0 Å². The highest BCUT2D eigenvalue weighted by atomic mass is 16.1. The summed E-state index contributed by atoms with van der Waals surface area (Å²) in [7, 11) is 0. The van der Waals surface area contributed by atoms with Crippen LogP contribution in [0.15, 0.2) is 0 Å². The molecule has 0 aromatic heterocycles. The predicted octanol–water partition coefficient (Wildman–Crippen LogP) is 1.25. The monoisotopic (exact) mass is 280 g/mol. The molecule has 0 aliphatic carbocycles. The summed E-state index contributed by atoms with van der Waals surface area (Å²) in [5.41, 5.74) is 4.94. The van der Waals surface area contributed by atoms with Gasteiger partial charge in [0.05, 0.1) is 6.07 Å². The zero-order valence-electron chi connectivity index (χ0n) is 12.8. The van der Waals surface area contributed by atoms with Crippen molar-refractivity contribution < 1.29 is 4.79 Å². The summed E-state index contributed by atoms with van der Waals surface area (Å²) in [5.74, 6) is -0.0815. The van der Waals surface area contributed by atoms with Crippen molar-refractivity contribution >= 4 is 5.91 Å². The number of primary amides is 1. The Kier molecular flexibility index (Phi) is 6.97. The molecule has 0 saturated carbocycles. The molecule has 1 saturated heterocycles. The molecule has 5 nitrogen and oxygen atoms in total. The molecule has 3 N–H and O–H groups in total. The molecule has 0 aromatic carbocycles. The summed E-state index contributed by atoms with van der Waals surface area (Å²) < 4.78 is 0. The lowest BCUT2D eigenvalue weighted by Crippen LogP contribution is -2.41. The molecule has 1 amide bonds. The van der Waals surface area contributed by atoms with Crippen LogP contribution in [0, 0.1) is 17.2 Å². The summed E-state index contributed by atoms with van der Waals surface area (Å²) in [6, 6.07) is 2.36. The number of hydrogen-bond acceptors (Lipinski definition) is 4. The second-order valence-electron chi connectivity index (χ2n) is 5.95. The molecule has 20 heavy (non-hydrogen) atoms. The zero-order chi connectivity index (χ0) is 15.0. The number of nitriles is 1. The number of nitrogens with two attached hydrogens (primary N) is 1. The third-order valence-corrected chi connectivity index (χ3v) is 4.20. The average molecular weight is 280 g/mol. The minimum atomic E-state index is -0.395. The van der Waals surface area contributed by atoms with Gasteiger partial charge in [-0.3, -0.25) is 10.1 Å². The molecule has 1 rings (SSSR count). The fraction of sp³-hybridized carbons (Fsp3) is 0.867. The number of amides is 1. The molecule has 1 fully saturated rings. The first kappa shape index (κ1) is 16.9. The molecular formula is C15H28N4O. The maximum atomic E-state index is 11.1. The van der Waals surface area contributed by atoms with Gasteiger partial charge in [0.15, 0.2) is 0 Å². The van der Waals surface area contributed by atoms with Crippen LogP contribution in [0.4, 0.5) is 0 Å². The predicted molar refractivity (Wildman–Crippen MR) is 79.9 cm³/mol. The molecule has 1 heterocycles. The molecule has 0 bridgehead atoms. The second-order valence-corrected chi connectivity index (χ2v) is 5.95. The van der Waals surface area contributed by atoms with Gasteiger partial charge >= 0.3 is 0 Å². The fourth-order valence-corrected chi connectivity index (χ4v) is 2.83.